The molecule has 218 valence electrons. The molecule has 4 aromatic carbocycles. The molecule has 1 N–H and O–H groups in total. The third kappa shape index (κ3) is 7.13. The minimum Gasteiger partial charge on any atom is -0.496 e. The summed E-state index contributed by atoms with van der Waals surface area (Å²) in [6.45, 7) is 2.57. The van der Waals surface area contributed by atoms with Crippen molar-refractivity contribution in [3.8, 4) is 33.8 Å². The fourth-order valence-corrected chi connectivity index (χ4v) is 5.15. The Labute approximate surface area is 255 Å². The van der Waals surface area contributed by atoms with Crippen LogP contribution in [0.2, 0.25) is 5.02 Å². The number of ether oxygens (including phenoxy) is 2. The molecular formula is C35H31ClN2O5. The molecule has 0 atom stereocenters. The number of hydrogen-bond donors (Lipinski definition) is 1. The van der Waals surface area contributed by atoms with E-state index in [0.29, 0.717) is 35.2 Å². The molecule has 0 bridgehead atoms. The van der Waals surface area contributed by atoms with Gasteiger partial charge in [-0.3, -0.25) is 14.6 Å². The minimum absolute atomic E-state index is 0.114. The summed E-state index contributed by atoms with van der Waals surface area (Å²) in [6.07, 6.45) is 1.66. The molecule has 0 spiro atoms. The summed E-state index contributed by atoms with van der Waals surface area (Å²) >= 11 is 5.97. The van der Waals surface area contributed by atoms with E-state index in [0.717, 1.165) is 38.7 Å². The highest BCUT2D eigenvalue weighted by atomic mass is 35.5. The number of carbonyl (C=O) groups is 2. The fourth-order valence-electron chi connectivity index (χ4n) is 5.02. The van der Waals surface area contributed by atoms with Gasteiger partial charge in [-0.1, -0.05) is 41.9 Å². The van der Waals surface area contributed by atoms with E-state index in [-0.39, 0.29) is 18.9 Å². The minimum atomic E-state index is -0.916. The lowest BCUT2D eigenvalue weighted by Gasteiger charge is -2.24. The van der Waals surface area contributed by atoms with E-state index in [1.165, 1.54) is 0 Å². The predicted octanol–water partition coefficient (Wildman–Crippen LogP) is 7.29. The fraction of sp³-hybridized carbons (Fsp3) is 0.171. The van der Waals surface area contributed by atoms with Crippen LogP contribution in [0.4, 0.5) is 0 Å². The third-order valence-corrected chi connectivity index (χ3v) is 7.47. The predicted molar refractivity (Wildman–Crippen MR) is 169 cm³/mol. The first-order valence-corrected chi connectivity index (χ1v) is 14.3. The van der Waals surface area contributed by atoms with Gasteiger partial charge in [0.05, 0.1) is 19.0 Å². The Morgan fingerprint density at radius 1 is 0.907 bits per heavy atom. The molecule has 0 saturated carbocycles. The highest BCUT2D eigenvalue weighted by molar-refractivity contribution is 6.30. The molecule has 0 aliphatic carbocycles. The molecule has 0 saturated heterocycles. The van der Waals surface area contributed by atoms with Crippen molar-refractivity contribution in [2.24, 2.45) is 0 Å². The summed E-state index contributed by atoms with van der Waals surface area (Å²) in [5, 5.41) is 11.0. The second-order valence-electron chi connectivity index (χ2n) is 10.0. The Morgan fingerprint density at radius 3 is 2.42 bits per heavy atom. The number of rotatable bonds is 11. The molecule has 1 aromatic heterocycles. The first-order valence-electron chi connectivity index (χ1n) is 13.9. The molecular weight excluding hydrogens is 564 g/mol. The normalized spacial score (nSPS) is 10.9. The highest BCUT2D eigenvalue weighted by Crippen LogP contribution is 2.37. The summed E-state index contributed by atoms with van der Waals surface area (Å²) in [4.78, 5) is 31.0. The van der Waals surface area contributed by atoms with E-state index in [2.05, 4.69) is 17.1 Å². The first kappa shape index (κ1) is 29.6. The third-order valence-electron chi connectivity index (χ3n) is 7.22. The number of fused-ring (bicyclic) bond motifs is 1. The number of amides is 1. The summed E-state index contributed by atoms with van der Waals surface area (Å²) in [7, 11) is 1.59. The van der Waals surface area contributed by atoms with Gasteiger partial charge in [0.25, 0.3) is 5.91 Å². The number of aliphatic carboxylic acids is 1. The van der Waals surface area contributed by atoms with Crippen molar-refractivity contribution >= 4 is 34.4 Å². The first-order chi connectivity index (χ1) is 20.8. The number of pyridine rings is 1. The molecule has 7 nitrogen and oxygen atoms in total. The van der Waals surface area contributed by atoms with E-state index < -0.39 is 5.97 Å². The maximum atomic E-state index is 13.3. The van der Waals surface area contributed by atoms with Gasteiger partial charge in [0.15, 0.2) is 6.61 Å². The number of aromatic nitrogens is 1. The number of benzene rings is 4. The van der Waals surface area contributed by atoms with Crippen molar-refractivity contribution in [1.29, 1.82) is 0 Å². The van der Waals surface area contributed by atoms with Crippen molar-refractivity contribution in [3.63, 3.8) is 0 Å². The van der Waals surface area contributed by atoms with Crippen LogP contribution < -0.4 is 9.47 Å². The monoisotopic (exact) mass is 594 g/mol. The van der Waals surface area contributed by atoms with Crippen molar-refractivity contribution in [2.45, 2.75) is 19.9 Å². The quantitative estimate of drug-likeness (QED) is 0.173. The molecule has 0 aliphatic heterocycles. The van der Waals surface area contributed by atoms with E-state index in [9.17, 15) is 14.7 Å². The number of halogens is 1. The van der Waals surface area contributed by atoms with Crippen LogP contribution in [0.3, 0.4) is 0 Å². The number of nitrogens with zero attached hydrogens (tertiary/aromatic N) is 2. The number of carbonyl (C=O) groups excluding carboxylic acids is 1. The zero-order valence-electron chi connectivity index (χ0n) is 23.9. The summed E-state index contributed by atoms with van der Waals surface area (Å²) in [5.41, 5.74) is 6.04. The van der Waals surface area contributed by atoms with Crippen LogP contribution >= 0.6 is 11.6 Å². The molecule has 0 aliphatic rings. The van der Waals surface area contributed by atoms with Gasteiger partial charge in [-0.05, 0) is 95.4 Å². The highest BCUT2D eigenvalue weighted by Gasteiger charge is 2.19. The standard InChI is InChI=1S/C35H31ClN2O5/c1-3-38(34(39)22-43-29-11-9-28(36)10-12-29)21-27-20-24(25-8-14-32-26(19-25)5-4-16-37-32)7-13-30(27)31-17-23(18-35(40)41)6-15-33(31)42-2/h4-17,19-20H,3,18,21-22H2,1-2H3,(H,40,41). The molecule has 0 fully saturated rings. The van der Waals surface area contributed by atoms with Crippen molar-refractivity contribution in [1.82, 2.24) is 9.88 Å². The van der Waals surface area contributed by atoms with Crippen LogP contribution in [0, 0.1) is 0 Å². The Balaban J connectivity index is 1.53. The Bertz CT molecular complexity index is 1770. The molecule has 5 rings (SSSR count). The number of hydrogen-bond acceptors (Lipinski definition) is 5. The van der Waals surface area contributed by atoms with Crippen molar-refractivity contribution < 1.29 is 24.2 Å². The van der Waals surface area contributed by atoms with Crippen LogP contribution in [0.15, 0.2) is 97.2 Å². The lowest BCUT2D eigenvalue weighted by atomic mass is 9.92. The van der Waals surface area contributed by atoms with Gasteiger partial charge < -0.3 is 19.5 Å². The van der Waals surface area contributed by atoms with Gasteiger partial charge in [-0.25, -0.2) is 0 Å². The van der Waals surface area contributed by atoms with Gasteiger partial charge in [-0.15, -0.1) is 0 Å². The van der Waals surface area contributed by atoms with Crippen molar-refractivity contribution in [2.75, 3.05) is 20.3 Å². The number of carboxylic acids is 1. The van der Waals surface area contributed by atoms with Crippen molar-refractivity contribution in [3.05, 3.63) is 113 Å². The van der Waals surface area contributed by atoms with Crippen LogP contribution in [-0.2, 0) is 22.6 Å². The Hall–Kier alpha value is -4.88. The zero-order valence-corrected chi connectivity index (χ0v) is 24.7. The van der Waals surface area contributed by atoms with Gasteiger partial charge in [-0.2, -0.15) is 0 Å². The maximum absolute atomic E-state index is 13.3. The second kappa shape index (κ2) is 13.4. The van der Waals surface area contributed by atoms with E-state index in [1.54, 1.807) is 54.6 Å². The van der Waals surface area contributed by atoms with Gasteiger partial charge >= 0.3 is 5.97 Å². The van der Waals surface area contributed by atoms with E-state index >= 15 is 0 Å². The van der Waals surface area contributed by atoms with E-state index in [1.807, 2.05) is 49.4 Å². The lowest BCUT2D eigenvalue weighted by molar-refractivity contribution is -0.136. The van der Waals surface area contributed by atoms with E-state index in [4.69, 9.17) is 21.1 Å². The molecule has 0 radical (unpaired) electrons. The number of carboxylic acid groups (broad SMARTS) is 1. The maximum Gasteiger partial charge on any atom is 0.307 e. The second-order valence-corrected chi connectivity index (χ2v) is 10.5. The molecule has 5 aromatic rings. The van der Waals surface area contributed by atoms with Gasteiger partial charge in [0, 0.05) is 35.3 Å². The average Bonchev–Trinajstić information content (AvgIpc) is 3.02. The molecule has 8 heteroatoms. The molecule has 1 heterocycles. The average molecular weight is 595 g/mol. The van der Waals surface area contributed by atoms with Crippen LogP contribution in [-0.4, -0.2) is 47.1 Å². The van der Waals surface area contributed by atoms with Crippen LogP contribution in [0.5, 0.6) is 11.5 Å². The molecule has 43 heavy (non-hydrogen) atoms. The topological polar surface area (TPSA) is 89.0 Å². The number of likely N-dealkylation sites (N-methyl/N-ethyl adjacent to an activating group) is 1. The van der Waals surface area contributed by atoms with Gasteiger partial charge in [0.2, 0.25) is 0 Å². The van der Waals surface area contributed by atoms with Crippen LogP contribution in [0.1, 0.15) is 18.1 Å². The summed E-state index contributed by atoms with van der Waals surface area (Å²) in [5.74, 6) is 0.0840. The zero-order chi connectivity index (χ0) is 30.3. The largest absolute Gasteiger partial charge is 0.496 e. The lowest BCUT2D eigenvalue weighted by Crippen LogP contribution is -2.34. The SMILES string of the molecule is CCN(Cc1cc(-c2ccc3ncccc3c2)ccc1-c1cc(CC(=O)O)ccc1OC)C(=O)COc1ccc(Cl)cc1. The van der Waals surface area contributed by atoms with Crippen LogP contribution in [0.25, 0.3) is 33.2 Å². The van der Waals surface area contributed by atoms with Gasteiger partial charge in [0.1, 0.15) is 11.5 Å². The summed E-state index contributed by atoms with van der Waals surface area (Å²) in [6, 6.07) is 28.4. The molecule has 0 unspecified atom stereocenters. The smallest absolute Gasteiger partial charge is 0.307 e. The molecule has 1 amide bonds. The summed E-state index contributed by atoms with van der Waals surface area (Å²) < 4.78 is 11.4. The number of methoxy groups -OCH3 is 1. The Morgan fingerprint density at radius 2 is 1.67 bits per heavy atom. The Kier molecular flexibility index (Phi) is 9.23.